The molecule has 0 spiro atoms. The van der Waals surface area contributed by atoms with Crippen LogP contribution in [0.5, 0.6) is 0 Å². The Morgan fingerprint density at radius 2 is 2.00 bits per heavy atom. The van der Waals surface area contributed by atoms with Crippen LogP contribution in [0.2, 0.25) is 0 Å². The molecule has 1 N–H and O–H groups in total. The molecule has 1 atom stereocenters. The van der Waals surface area contributed by atoms with E-state index < -0.39 is 9.84 Å². The van der Waals surface area contributed by atoms with Gasteiger partial charge >= 0.3 is 0 Å². The Labute approximate surface area is 85.1 Å². The molecule has 3 nitrogen and oxygen atoms in total. The molecule has 0 aromatic heterocycles. The molecule has 1 rings (SSSR count). The maximum absolute atomic E-state index is 11.3. The number of hydrogen-bond acceptors (Lipinski definition) is 3. The summed E-state index contributed by atoms with van der Waals surface area (Å²) in [6.07, 6.45) is 1.22. The van der Waals surface area contributed by atoms with Gasteiger partial charge in [0.2, 0.25) is 0 Å². The molecule has 0 aliphatic carbocycles. The second-order valence-electron chi connectivity index (χ2n) is 3.36. The van der Waals surface area contributed by atoms with Gasteiger partial charge in [-0.2, -0.15) is 0 Å². The molecule has 0 heterocycles. The van der Waals surface area contributed by atoms with Gasteiger partial charge in [-0.25, -0.2) is 8.42 Å². The van der Waals surface area contributed by atoms with E-state index in [4.69, 9.17) is 0 Å². The Hall–Kier alpha value is -0.870. The summed E-state index contributed by atoms with van der Waals surface area (Å²) in [7, 11) is -1.25. The molecule has 0 radical (unpaired) electrons. The average molecular weight is 213 g/mol. The maximum Gasteiger partial charge on any atom is 0.175 e. The molecular weight excluding hydrogens is 198 g/mol. The first kappa shape index (κ1) is 11.2. The number of nitrogens with one attached hydrogen (secondary N) is 1. The van der Waals surface area contributed by atoms with Crippen LogP contribution in [0.15, 0.2) is 29.2 Å². The van der Waals surface area contributed by atoms with Crippen molar-refractivity contribution in [1.29, 1.82) is 0 Å². The summed E-state index contributed by atoms with van der Waals surface area (Å²) < 4.78 is 22.6. The van der Waals surface area contributed by atoms with Crippen molar-refractivity contribution in [3.8, 4) is 0 Å². The van der Waals surface area contributed by atoms with E-state index in [0.29, 0.717) is 4.90 Å². The third-order valence-electron chi connectivity index (χ3n) is 2.22. The second kappa shape index (κ2) is 4.11. The molecule has 0 fully saturated rings. The third kappa shape index (κ3) is 2.56. The highest BCUT2D eigenvalue weighted by Gasteiger charge is 2.09. The van der Waals surface area contributed by atoms with Crippen LogP contribution in [0.25, 0.3) is 0 Å². The highest BCUT2D eigenvalue weighted by atomic mass is 32.2. The normalized spacial score (nSPS) is 13.9. The molecule has 0 aliphatic rings. The number of rotatable bonds is 3. The van der Waals surface area contributed by atoms with Crippen LogP contribution in [0.3, 0.4) is 0 Å². The van der Waals surface area contributed by atoms with E-state index in [9.17, 15) is 8.42 Å². The Morgan fingerprint density at radius 3 is 2.50 bits per heavy atom. The van der Waals surface area contributed by atoms with Crippen molar-refractivity contribution >= 4 is 9.84 Å². The van der Waals surface area contributed by atoms with Crippen LogP contribution in [0, 0.1) is 0 Å². The standard InChI is InChI=1S/C10H15NO2S/c1-8(11-2)9-5-4-6-10(7-9)14(3,12)13/h4-8,11H,1-3H3/t8-/m1/s1. The minimum Gasteiger partial charge on any atom is -0.313 e. The molecule has 0 aliphatic heterocycles. The summed E-state index contributed by atoms with van der Waals surface area (Å²) in [5.41, 5.74) is 0.982. The molecular formula is C10H15NO2S. The smallest absolute Gasteiger partial charge is 0.175 e. The van der Waals surface area contributed by atoms with Crippen LogP contribution in [-0.2, 0) is 9.84 Å². The number of sulfone groups is 1. The zero-order valence-electron chi connectivity index (χ0n) is 8.61. The first-order chi connectivity index (χ1) is 6.45. The lowest BCUT2D eigenvalue weighted by Crippen LogP contribution is -2.12. The minimum atomic E-state index is -3.09. The van der Waals surface area contributed by atoms with Crippen molar-refractivity contribution < 1.29 is 8.42 Å². The summed E-state index contributed by atoms with van der Waals surface area (Å²) in [5, 5.41) is 3.07. The van der Waals surface area contributed by atoms with Gasteiger partial charge in [0.15, 0.2) is 9.84 Å². The molecule has 0 unspecified atom stereocenters. The van der Waals surface area contributed by atoms with Gasteiger partial charge in [-0.15, -0.1) is 0 Å². The summed E-state index contributed by atoms with van der Waals surface area (Å²) >= 11 is 0. The third-order valence-corrected chi connectivity index (χ3v) is 3.33. The van der Waals surface area contributed by atoms with E-state index in [1.165, 1.54) is 6.26 Å². The molecule has 78 valence electrons. The highest BCUT2D eigenvalue weighted by molar-refractivity contribution is 7.90. The van der Waals surface area contributed by atoms with Crippen molar-refractivity contribution in [2.24, 2.45) is 0 Å². The van der Waals surface area contributed by atoms with Gasteiger partial charge in [0.1, 0.15) is 0 Å². The van der Waals surface area contributed by atoms with Gasteiger partial charge in [0.25, 0.3) is 0 Å². The summed E-state index contributed by atoms with van der Waals surface area (Å²) in [6, 6.07) is 7.16. The van der Waals surface area contributed by atoms with Gasteiger partial charge < -0.3 is 5.32 Å². The zero-order chi connectivity index (χ0) is 10.8. The lowest BCUT2D eigenvalue weighted by atomic mass is 10.1. The molecule has 14 heavy (non-hydrogen) atoms. The lowest BCUT2D eigenvalue weighted by molar-refractivity contribution is 0.601. The van der Waals surface area contributed by atoms with E-state index in [-0.39, 0.29) is 6.04 Å². The fraction of sp³-hybridized carbons (Fsp3) is 0.400. The monoisotopic (exact) mass is 213 g/mol. The van der Waals surface area contributed by atoms with Gasteiger partial charge in [0.05, 0.1) is 4.90 Å². The maximum atomic E-state index is 11.3. The first-order valence-electron chi connectivity index (χ1n) is 4.42. The average Bonchev–Trinajstić information content (AvgIpc) is 2.15. The van der Waals surface area contributed by atoms with Crippen LogP contribution in [0.4, 0.5) is 0 Å². The first-order valence-corrected chi connectivity index (χ1v) is 6.31. The van der Waals surface area contributed by atoms with Crippen molar-refractivity contribution in [2.45, 2.75) is 17.9 Å². The van der Waals surface area contributed by atoms with Crippen molar-refractivity contribution in [3.63, 3.8) is 0 Å². The molecule has 4 heteroatoms. The largest absolute Gasteiger partial charge is 0.313 e. The topological polar surface area (TPSA) is 46.2 Å². The molecule has 0 saturated carbocycles. The van der Waals surface area contributed by atoms with E-state index >= 15 is 0 Å². The van der Waals surface area contributed by atoms with Crippen LogP contribution in [0.1, 0.15) is 18.5 Å². The summed E-state index contributed by atoms with van der Waals surface area (Å²) in [5.74, 6) is 0. The van der Waals surface area contributed by atoms with E-state index in [2.05, 4.69) is 5.32 Å². The quantitative estimate of drug-likeness (QED) is 0.825. The summed E-state index contributed by atoms with van der Waals surface area (Å²) in [4.78, 5) is 0.372. The van der Waals surface area contributed by atoms with Crippen molar-refractivity contribution in [3.05, 3.63) is 29.8 Å². The Balaban J connectivity index is 3.14. The lowest BCUT2D eigenvalue weighted by Gasteiger charge is -2.11. The Kier molecular flexibility index (Phi) is 3.29. The van der Waals surface area contributed by atoms with Crippen LogP contribution < -0.4 is 5.32 Å². The molecule has 1 aromatic rings. The van der Waals surface area contributed by atoms with E-state index in [1.54, 1.807) is 18.2 Å². The predicted molar refractivity (Wildman–Crippen MR) is 57.0 cm³/mol. The fourth-order valence-electron chi connectivity index (χ4n) is 1.18. The molecule has 0 bridgehead atoms. The molecule has 0 amide bonds. The zero-order valence-corrected chi connectivity index (χ0v) is 9.43. The fourth-order valence-corrected chi connectivity index (χ4v) is 1.86. The van der Waals surface area contributed by atoms with E-state index in [0.717, 1.165) is 5.56 Å². The number of benzene rings is 1. The number of hydrogen-bond donors (Lipinski definition) is 1. The van der Waals surface area contributed by atoms with Crippen molar-refractivity contribution in [1.82, 2.24) is 5.32 Å². The minimum absolute atomic E-state index is 0.164. The molecule has 0 saturated heterocycles. The SMILES string of the molecule is CN[C@H](C)c1cccc(S(C)(=O)=O)c1. The van der Waals surface area contributed by atoms with Gasteiger partial charge in [-0.3, -0.25) is 0 Å². The van der Waals surface area contributed by atoms with Crippen LogP contribution in [-0.4, -0.2) is 21.7 Å². The van der Waals surface area contributed by atoms with Crippen molar-refractivity contribution in [2.75, 3.05) is 13.3 Å². The second-order valence-corrected chi connectivity index (χ2v) is 5.37. The Morgan fingerprint density at radius 1 is 1.36 bits per heavy atom. The van der Waals surface area contributed by atoms with Gasteiger partial charge in [-0.05, 0) is 31.7 Å². The highest BCUT2D eigenvalue weighted by Crippen LogP contribution is 2.16. The van der Waals surface area contributed by atoms with E-state index in [1.807, 2.05) is 20.0 Å². The Bertz CT molecular complexity index is 412. The predicted octanol–water partition coefficient (Wildman–Crippen LogP) is 1.37. The van der Waals surface area contributed by atoms with Gasteiger partial charge in [-0.1, -0.05) is 12.1 Å². The van der Waals surface area contributed by atoms with Gasteiger partial charge in [0, 0.05) is 12.3 Å². The van der Waals surface area contributed by atoms with Crippen LogP contribution >= 0.6 is 0 Å². The summed E-state index contributed by atoms with van der Waals surface area (Å²) in [6.45, 7) is 1.99. The molecule has 1 aromatic carbocycles.